The van der Waals surface area contributed by atoms with Crippen LogP contribution in [0.3, 0.4) is 0 Å². The van der Waals surface area contributed by atoms with E-state index >= 15 is 0 Å². The third kappa shape index (κ3) is 3.68. The summed E-state index contributed by atoms with van der Waals surface area (Å²) in [5.41, 5.74) is 7.18. The molecule has 2 aromatic carbocycles. The molecule has 7 nitrogen and oxygen atoms in total. The van der Waals surface area contributed by atoms with Gasteiger partial charge in [0.2, 0.25) is 5.95 Å². The van der Waals surface area contributed by atoms with E-state index in [0.717, 1.165) is 5.56 Å². The Morgan fingerprint density at radius 3 is 2.48 bits per heavy atom. The van der Waals surface area contributed by atoms with Crippen LogP contribution in [0.25, 0.3) is 17.0 Å². The summed E-state index contributed by atoms with van der Waals surface area (Å²) in [6.07, 6.45) is 1.09. The molecule has 0 unspecified atom stereocenters. The average molecular weight is 439 g/mol. The SMILES string of the molecule is Nc1nc(N2CCC(O)(c3ccc(Cl)cc3)CC2)cc2nc(-c3cccc(F)c3)nn12. The maximum atomic E-state index is 13.6. The van der Waals surface area contributed by atoms with Gasteiger partial charge in [-0.15, -0.1) is 5.10 Å². The first-order valence-corrected chi connectivity index (χ1v) is 10.3. The van der Waals surface area contributed by atoms with E-state index < -0.39 is 5.60 Å². The minimum absolute atomic E-state index is 0.196. The number of aliphatic hydroxyl groups is 1. The third-order valence-corrected chi connectivity index (χ3v) is 5.97. The topological polar surface area (TPSA) is 92.6 Å². The number of anilines is 2. The molecule has 0 atom stereocenters. The van der Waals surface area contributed by atoms with Crippen molar-refractivity contribution in [2.45, 2.75) is 18.4 Å². The van der Waals surface area contributed by atoms with E-state index in [9.17, 15) is 9.50 Å². The van der Waals surface area contributed by atoms with E-state index in [4.69, 9.17) is 17.3 Å². The van der Waals surface area contributed by atoms with Crippen molar-refractivity contribution in [3.8, 4) is 11.4 Å². The predicted octanol–water partition coefficient (Wildman–Crippen LogP) is 3.65. The van der Waals surface area contributed by atoms with Crippen LogP contribution >= 0.6 is 11.6 Å². The summed E-state index contributed by atoms with van der Waals surface area (Å²) >= 11 is 5.97. The second kappa shape index (κ2) is 7.47. The number of nitrogens with two attached hydrogens (primary N) is 1. The third-order valence-electron chi connectivity index (χ3n) is 5.72. The van der Waals surface area contributed by atoms with Crippen LogP contribution in [0.15, 0.2) is 54.6 Å². The Kier molecular flexibility index (Phi) is 4.75. The van der Waals surface area contributed by atoms with Crippen molar-refractivity contribution in [3.05, 3.63) is 71.0 Å². The van der Waals surface area contributed by atoms with Crippen LogP contribution in [0.1, 0.15) is 18.4 Å². The number of piperidine rings is 1. The lowest BCUT2D eigenvalue weighted by atomic mass is 9.84. The molecule has 1 fully saturated rings. The van der Waals surface area contributed by atoms with E-state index in [1.54, 1.807) is 30.3 Å². The van der Waals surface area contributed by atoms with Crippen molar-refractivity contribution in [1.29, 1.82) is 0 Å². The van der Waals surface area contributed by atoms with Gasteiger partial charge in [0.1, 0.15) is 11.6 Å². The Balaban J connectivity index is 1.40. The second-order valence-electron chi connectivity index (χ2n) is 7.71. The molecule has 9 heteroatoms. The molecule has 158 valence electrons. The number of hydrogen-bond donors (Lipinski definition) is 2. The monoisotopic (exact) mass is 438 g/mol. The highest BCUT2D eigenvalue weighted by Gasteiger charge is 2.34. The fourth-order valence-electron chi connectivity index (χ4n) is 3.97. The highest BCUT2D eigenvalue weighted by molar-refractivity contribution is 6.30. The molecule has 0 radical (unpaired) electrons. The second-order valence-corrected chi connectivity index (χ2v) is 8.15. The predicted molar refractivity (Wildman–Crippen MR) is 117 cm³/mol. The zero-order valence-electron chi connectivity index (χ0n) is 16.5. The van der Waals surface area contributed by atoms with Crippen molar-refractivity contribution in [3.63, 3.8) is 0 Å². The molecular weight excluding hydrogens is 419 g/mol. The summed E-state index contributed by atoms with van der Waals surface area (Å²) < 4.78 is 15.0. The van der Waals surface area contributed by atoms with Crippen LogP contribution in [0.2, 0.25) is 5.02 Å². The van der Waals surface area contributed by atoms with E-state index in [-0.39, 0.29) is 11.8 Å². The number of aromatic nitrogens is 4. The molecule has 3 heterocycles. The fraction of sp³-hybridized carbons (Fsp3) is 0.227. The van der Waals surface area contributed by atoms with Gasteiger partial charge in [0.25, 0.3) is 0 Å². The standard InChI is InChI=1S/C22H20ClFN6O/c23-16-6-4-15(5-7-16)22(31)8-10-29(11-9-22)18-13-19-26-20(28-30(19)21(25)27-18)14-2-1-3-17(24)12-14/h1-7,12-13,31H,8-11H2,(H2,25,27). The number of halogens is 2. The van der Waals surface area contributed by atoms with Crippen molar-refractivity contribution < 1.29 is 9.50 Å². The molecule has 0 saturated carbocycles. The molecule has 1 saturated heterocycles. The summed E-state index contributed by atoms with van der Waals surface area (Å²) in [5, 5.41) is 16.1. The van der Waals surface area contributed by atoms with Gasteiger partial charge >= 0.3 is 0 Å². The highest BCUT2D eigenvalue weighted by atomic mass is 35.5. The first-order chi connectivity index (χ1) is 14.9. The number of nitrogen functional groups attached to an aromatic ring is 1. The maximum Gasteiger partial charge on any atom is 0.225 e. The van der Waals surface area contributed by atoms with Crippen molar-refractivity contribution in [2.75, 3.05) is 23.7 Å². The van der Waals surface area contributed by atoms with Gasteiger partial charge in [-0.05, 0) is 42.7 Å². The van der Waals surface area contributed by atoms with Gasteiger partial charge in [0.15, 0.2) is 11.5 Å². The van der Waals surface area contributed by atoms with Gasteiger partial charge in [-0.25, -0.2) is 9.37 Å². The van der Waals surface area contributed by atoms with Gasteiger partial charge in [-0.2, -0.15) is 9.50 Å². The first-order valence-electron chi connectivity index (χ1n) is 9.94. The minimum Gasteiger partial charge on any atom is -0.385 e. The first kappa shape index (κ1) is 19.7. The fourth-order valence-corrected chi connectivity index (χ4v) is 4.09. The van der Waals surface area contributed by atoms with Crippen LogP contribution in [0.4, 0.5) is 16.2 Å². The van der Waals surface area contributed by atoms with Crippen LogP contribution in [-0.4, -0.2) is 37.8 Å². The van der Waals surface area contributed by atoms with E-state index in [2.05, 4.69) is 20.0 Å². The molecule has 3 N–H and O–H groups in total. The van der Waals surface area contributed by atoms with E-state index in [1.165, 1.54) is 16.6 Å². The molecular formula is C22H20ClFN6O. The summed E-state index contributed by atoms with van der Waals surface area (Å²) in [6.45, 7) is 1.21. The maximum absolute atomic E-state index is 13.6. The molecule has 2 aromatic heterocycles. The van der Waals surface area contributed by atoms with E-state index in [1.807, 2.05) is 12.1 Å². The summed E-state index contributed by atoms with van der Waals surface area (Å²) in [7, 11) is 0. The van der Waals surface area contributed by atoms with Crippen LogP contribution < -0.4 is 10.6 Å². The van der Waals surface area contributed by atoms with Gasteiger partial charge < -0.3 is 15.7 Å². The normalized spacial score (nSPS) is 16.0. The quantitative estimate of drug-likeness (QED) is 0.507. The molecule has 0 amide bonds. The highest BCUT2D eigenvalue weighted by Crippen LogP contribution is 2.35. The van der Waals surface area contributed by atoms with Crippen LogP contribution in [0, 0.1) is 5.82 Å². The number of rotatable bonds is 3. The minimum atomic E-state index is -0.907. The smallest absolute Gasteiger partial charge is 0.225 e. The largest absolute Gasteiger partial charge is 0.385 e. The Hall–Kier alpha value is -3.23. The number of benzene rings is 2. The number of fused-ring (bicyclic) bond motifs is 1. The van der Waals surface area contributed by atoms with Crippen molar-refractivity contribution in [2.24, 2.45) is 0 Å². The lowest BCUT2D eigenvalue weighted by molar-refractivity contribution is 0.0117. The average Bonchev–Trinajstić information content (AvgIpc) is 3.20. The summed E-state index contributed by atoms with van der Waals surface area (Å²) in [4.78, 5) is 11.0. The Morgan fingerprint density at radius 2 is 1.77 bits per heavy atom. The number of nitrogens with zero attached hydrogens (tertiary/aromatic N) is 5. The van der Waals surface area contributed by atoms with Crippen molar-refractivity contribution >= 4 is 29.0 Å². The Labute approximate surface area is 182 Å². The van der Waals surface area contributed by atoms with Crippen LogP contribution in [0.5, 0.6) is 0 Å². The summed E-state index contributed by atoms with van der Waals surface area (Å²) in [6, 6.07) is 15.2. The van der Waals surface area contributed by atoms with E-state index in [0.29, 0.717) is 53.8 Å². The van der Waals surface area contributed by atoms with Gasteiger partial charge in [-0.1, -0.05) is 35.9 Å². The molecule has 0 bridgehead atoms. The molecule has 4 aromatic rings. The van der Waals surface area contributed by atoms with Crippen molar-refractivity contribution in [1.82, 2.24) is 19.6 Å². The lowest BCUT2D eigenvalue weighted by Crippen LogP contribution is -2.43. The molecule has 1 aliphatic rings. The van der Waals surface area contributed by atoms with Gasteiger partial charge in [0, 0.05) is 29.7 Å². The van der Waals surface area contributed by atoms with Gasteiger partial charge in [-0.3, -0.25) is 0 Å². The van der Waals surface area contributed by atoms with Crippen LogP contribution in [-0.2, 0) is 5.60 Å². The van der Waals surface area contributed by atoms with Gasteiger partial charge in [0.05, 0.1) is 5.60 Å². The molecule has 1 aliphatic heterocycles. The Bertz CT molecular complexity index is 1250. The Morgan fingerprint density at radius 1 is 1.03 bits per heavy atom. The zero-order valence-corrected chi connectivity index (χ0v) is 17.3. The zero-order chi connectivity index (χ0) is 21.6. The molecule has 5 rings (SSSR count). The lowest BCUT2D eigenvalue weighted by Gasteiger charge is -2.39. The number of hydrogen-bond acceptors (Lipinski definition) is 6. The molecule has 0 aliphatic carbocycles. The molecule has 31 heavy (non-hydrogen) atoms. The summed E-state index contributed by atoms with van der Waals surface area (Å²) in [5.74, 6) is 0.882. The molecule has 0 spiro atoms.